The van der Waals surface area contributed by atoms with E-state index in [-0.39, 0.29) is 12.3 Å². The molecule has 1 heterocycles. The van der Waals surface area contributed by atoms with E-state index < -0.39 is 5.97 Å². The summed E-state index contributed by atoms with van der Waals surface area (Å²) in [5, 5.41) is 8.60. The molecule has 0 saturated heterocycles. The first kappa shape index (κ1) is 14.8. The van der Waals surface area contributed by atoms with Crippen LogP contribution in [0.2, 0.25) is 0 Å². The maximum absolute atomic E-state index is 12.2. The van der Waals surface area contributed by atoms with Gasteiger partial charge in [-0.2, -0.15) is 0 Å². The molecule has 0 aliphatic rings. The second kappa shape index (κ2) is 6.74. The van der Waals surface area contributed by atoms with E-state index in [1.165, 1.54) is 0 Å². The number of benzene rings is 1. The second-order valence-corrected chi connectivity index (χ2v) is 4.86. The Hall–Kier alpha value is -2.56. The summed E-state index contributed by atoms with van der Waals surface area (Å²) in [6, 6.07) is 11.2. The van der Waals surface area contributed by atoms with Gasteiger partial charge in [-0.05, 0) is 42.8 Å². The number of carbonyl (C=O) groups is 2. The lowest BCUT2D eigenvalue weighted by Crippen LogP contribution is -2.28. The Morgan fingerprint density at radius 1 is 1.14 bits per heavy atom. The van der Waals surface area contributed by atoms with Crippen molar-refractivity contribution in [2.24, 2.45) is 0 Å². The van der Waals surface area contributed by atoms with Crippen LogP contribution < -0.4 is 0 Å². The minimum Gasteiger partial charge on any atom is -0.481 e. The van der Waals surface area contributed by atoms with Crippen LogP contribution in [0.25, 0.3) is 5.69 Å². The molecule has 110 valence electrons. The van der Waals surface area contributed by atoms with Crippen LogP contribution in [0.15, 0.2) is 48.8 Å². The Bertz CT molecular complexity index is 603. The molecule has 0 bridgehead atoms. The standard InChI is InChI=1S/C16H18N2O3/c1-17(10-4-5-15(19)20)16(21)13-6-8-14(9-7-13)18-11-2-3-12-18/h2-3,6-9,11-12H,4-5,10H2,1H3,(H,19,20). The summed E-state index contributed by atoms with van der Waals surface area (Å²) in [5.41, 5.74) is 1.59. The van der Waals surface area contributed by atoms with Gasteiger partial charge in [-0.3, -0.25) is 9.59 Å². The first-order valence-electron chi connectivity index (χ1n) is 6.78. The summed E-state index contributed by atoms with van der Waals surface area (Å²) < 4.78 is 1.96. The van der Waals surface area contributed by atoms with Crippen LogP contribution in [0.1, 0.15) is 23.2 Å². The number of carboxylic acids is 1. The normalized spacial score (nSPS) is 10.3. The molecule has 0 aliphatic heterocycles. The topological polar surface area (TPSA) is 62.5 Å². The molecule has 2 aromatic rings. The molecule has 5 nitrogen and oxygen atoms in total. The number of aromatic nitrogens is 1. The van der Waals surface area contributed by atoms with E-state index in [9.17, 15) is 9.59 Å². The van der Waals surface area contributed by atoms with Gasteiger partial charge in [0, 0.05) is 43.7 Å². The monoisotopic (exact) mass is 286 g/mol. The highest BCUT2D eigenvalue weighted by molar-refractivity contribution is 5.94. The lowest BCUT2D eigenvalue weighted by atomic mass is 10.1. The van der Waals surface area contributed by atoms with Crippen molar-refractivity contribution in [2.45, 2.75) is 12.8 Å². The van der Waals surface area contributed by atoms with Gasteiger partial charge < -0.3 is 14.6 Å². The SMILES string of the molecule is CN(CCCC(=O)O)C(=O)c1ccc(-n2cccc2)cc1. The molecule has 0 saturated carbocycles. The fraction of sp³-hybridized carbons (Fsp3) is 0.250. The average Bonchev–Trinajstić information content (AvgIpc) is 3.00. The molecule has 1 amide bonds. The maximum atomic E-state index is 12.2. The third kappa shape index (κ3) is 3.95. The van der Waals surface area contributed by atoms with Crippen LogP contribution in [0, 0.1) is 0 Å². The largest absolute Gasteiger partial charge is 0.481 e. The fourth-order valence-corrected chi connectivity index (χ4v) is 2.07. The van der Waals surface area contributed by atoms with Gasteiger partial charge in [-0.15, -0.1) is 0 Å². The Balaban J connectivity index is 1.97. The van der Waals surface area contributed by atoms with Gasteiger partial charge in [-0.25, -0.2) is 0 Å². The summed E-state index contributed by atoms with van der Waals surface area (Å²) in [4.78, 5) is 24.2. The Morgan fingerprint density at radius 2 is 1.76 bits per heavy atom. The molecule has 0 fully saturated rings. The lowest BCUT2D eigenvalue weighted by Gasteiger charge is -2.17. The van der Waals surface area contributed by atoms with Gasteiger partial charge >= 0.3 is 5.97 Å². The smallest absolute Gasteiger partial charge is 0.303 e. The quantitative estimate of drug-likeness (QED) is 0.887. The minimum atomic E-state index is -0.841. The van der Waals surface area contributed by atoms with E-state index >= 15 is 0 Å². The zero-order chi connectivity index (χ0) is 15.2. The van der Waals surface area contributed by atoms with E-state index in [0.717, 1.165) is 5.69 Å². The highest BCUT2D eigenvalue weighted by Gasteiger charge is 2.11. The van der Waals surface area contributed by atoms with Crippen molar-refractivity contribution in [2.75, 3.05) is 13.6 Å². The van der Waals surface area contributed by atoms with Crippen molar-refractivity contribution in [1.29, 1.82) is 0 Å². The van der Waals surface area contributed by atoms with Gasteiger partial charge in [0.15, 0.2) is 0 Å². The van der Waals surface area contributed by atoms with E-state index in [2.05, 4.69) is 0 Å². The molecule has 2 rings (SSSR count). The number of hydrogen-bond donors (Lipinski definition) is 1. The lowest BCUT2D eigenvalue weighted by molar-refractivity contribution is -0.137. The van der Waals surface area contributed by atoms with Crippen LogP contribution in [0.5, 0.6) is 0 Å². The highest BCUT2D eigenvalue weighted by atomic mass is 16.4. The summed E-state index contributed by atoms with van der Waals surface area (Å²) in [6.45, 7) is 0.435. The number of aliphatic carboxylic acids is 1. The average molecular weight is 286 g/mol. The molecular weight excluding hydrogens is 268 g/mol. The summed E-state index contributed by atoms with van der Waals surface area (Å²) in [5.74, 6) is -0.939. The highest BCUT2D eigenvalue weighted by Crippen LogP contribution is 2.11. The van der Waals surface area contributed by atoms with Crippen molar-refractivity contribution in [1.82, 2.24) is 9.47 Å². The molecule has 0 spiro atoms. The molecule has 0 atom stereocenters. The van der Waals surface area contributed by atoms with Crippen molar-refractivity contribution >= 4 is 11.9 Å². The third-order valence-corrected chi connectivity index (χ3v) is 3.25. The number of nitrogens with zero attached hydrogens (tertiary/aromatic N) is 2. The molecule has 21 heavy (non-hydrogen) atoms. The number of amides is 1. The first-order chi connectivity index (χ1) is 10.1. The Morgan fingerprint density at radius 3 is 2.33 bits per heavy atom. The van der Waals surface area contributed by atoms with Gasteiger partial charge in [0.1, 0.15) is 0 Å². The molecule has 0 unspecified atom stereocenters. The molecule has 5 heteroatoms. The number of hydrogen-bond acceptors (Lipinski definition) is 2. The molecule has 1 aromatic carbocycles. The van der Waals surface area contributed by atoms with Crippen LogP contribution in [-0.2, 0) is 4.79 Å². The number of rotatable bonds is 6. The van der Waals surface area contributed by atoms with Crippen molar-refractivity contribution in [3.8, 4) is 5.69 Å². The number of carboxylic acid groups (broad SMARTS) is 1. The number of carbonyl (C=O) groups excluding carboxylic acids is 1. The van der Waals surface area contributed by atoms with Crippen LogP contribution in [0.3, 0.4) is 0 Å². The fourth-order valence-electron chi connectivity index (χ4n) is 2.07. The predicted molar refractivity (Wildman–Crippen MR) is 79.6 cm³/mol. The molecule has 1 aromatic heterocycles. The minimum absolute atomic E-state index is 0.0736. The first-order valence-corrected chi connectivity index (χ1v) is 6.78. The second-order valence-electron chi connectivity index (χ2n) is 4.86. The van der Waals surface area contributed by atoms with Gasteiger partial charge in [0.05, 0.1) is 0 Å². The summed E-state index contributed by atoms with van der Waals surface area (Å²) in [6.07, 6.45) is 4.41. The summed E-state index contributed by atoms with van der Waals surface area (Å²) in [7, 11) is 1.68. The van der Waals surface area contributed by atoms with Crippen LogP contribution in [0.4, 0.5) is 0 Å². The van der Waals surface area contributed by atoms with Gasteiger partial charge in [0.2, 0.25) is 0 Å². The maximum Gasteiger partial charge on any atom is 0.303 e. The molecule has 0 aliphatic carbocycles. The predicted octanol–water partition coefficient (Wildman–Crippen LogP) is 2.41. The van der Waals surface area contributed by atoms with E-state index in [0.29, 0.717) is 18.5 Å². The van der Waals surface area contributed by atoms with Crippen molar-refractivity contribution in [3.05, 3.63) is 54.4 Å². The molecule has 1 N–H and O–H groups in total. The van der Waals surface area contributed by atoms with E-state index in [1.54, 1.807) is 24.1 Å². The van der Waals surface area contributed by atoms with Crippen LogP contribution >= 0.6 is 0 Å². The van der Waals surface area contributed by atoms with E-state index in [4.69, 9.17) is 5.11 Å². The van der Waals surface area contributed by atoms with Gasteiger partial charge in [0.25, 0.3) is 5.91 Å². The molecule has 0 radical (unpaired) electrons. The summed E-state index contributed by atoms with van der Waals surface area (Å²) >= 11 is 0. The van der Waals surface area contributed by atoms with Crippen molar-refractivity contribution < 1.29 is 14.7 Å². The van der Waals surface area contributed by atoms with Gasteiger partial charge in [-0.1, -0.05) is 0 Å². The third-order valence-electron chi connectivity index (χ3n) is 3.25. The molecular formula is C16H18N2O3. The zero-order valence-electron chi connectivity index (χ0n) is 11.9. The Labute approximate surface area is 123 Å². The van der Waals surface area contributed by atoms with E-state index in [1.807, 2.05) is 41.2 Å². The van der Waals surface area contributed by atoms with Crippen molar-refractivity contribution in [3.63, 3.8) is 0 Å². The zero-order valence-corrected chi connectivity index (χ0v) is 11.9. The van der Waals surface area contributed by atoms with Crippen LogP contribution in [-0.4, -0.2) is 40.0 Å². The Kier molecular flexibility index (Phi) is 4.77.